The van der Waals surface area contributed by atoms with E-state index in [1.807, 2.05) is 0 Å². The number of hydrogen-bond donors (Lipinski definition) is 0. The zero-order chi connectivity index (χ0) is 12.1. The zero-order valence-electron chi connectivity index (χ0n) is 10.3. The summed E-state index contributed by atoms with van der Waals surface area (Å²) in [5, 5.41) is 2.63. The Labute approximate surface area is 106 Å². The van der Waals surface area contributed by atoms with E-state index in [1.165, 1.54) is 21.9 Å². The van der Waals surface area contributed by atoms with Gasteiger partial charge in [-0.3, -0.25) is 0 Å². The lowest BCUT2D eigenvalue weighted by Crippen LogP contribution is -2.15. The Morgan fingerprint density at radius 1 is 1.00 bits per heavy atom. The van der Waals surface area contributed by atoms with E-state index < -0.39 is 0 Å². The molecule has 0 amide bonds. The predicted octanol–water partition coefficient (Wildman–Crippen LogP) is 4.12. The number of aryl methyl sites for hydroxylation is 1. The highest BCUT2D eigenvalue weighted by Crippen LogP contribution is 2.44. The molecule has 0 N–H and O–H groups in total. The number of rotatable bonds is 0. The average Bonchev–Trinajstić information content (AvgIpc) is 2.77. The summed E-state index contributed by atoms with van der Waals surface area (Å²) in [6.45, 7) is 2.13. The van der Waals surface area contributed by atoms with Crippen LogP contribution in [-0.4, -0.2) is 6.10 Å². The molecule has 0 aromatic heterocycles. The van der Waals surface area contributed by atoms with Crippen molar-refractivity contribution in [3.63, 3.8) is 0 Å². The second kappa shape index (κ2) is 3.49. The minimum atomic E-state index is 0.178. The fourth-order valence-corrected chi connectivity index (χ4v) is 3.01. The van der Waals surface area contributed by atoms with Crippen molar-refractivity contribution in [3.8, 4) is 5.75 Å². The summed E-state index contributed by atoms with van der Waals surface area (Å²) in [5.74, 6) is 1.41. The average molecular weight is 234 g/mol. The Morgan fingerprint density at radius 2 is 1.89 bits per heavy atom. The molecule has 0 spiro atoms. The van der Waals surface area contributed by atoms with Gasteiger partial charge in [0.15, 0.2) is 0 Å². The van der Waals surface area contributed by atoms with Gasteiger partial charge in [-0.25, -0.2) is 0 Å². The SMILES string of the molecule is Cc1ccc2c3c(ccc2c1)OC1C=CC=CC31. The third-order valence-electron chi connectivity index (χ3n) is 3.86. The number of hydrogen-bond acceptors (Lipinski definition) is 1. The van der Waals surface area contributed by atoms with Crippen LogP contribution in [0.25, 0.3) is 10.8 Å². The third kappa shape index (κ3) is 1.28. The van der Waals surface area contributed by atoms with E-state index in [-0.39, 0.29) is 6.10 Å². The highest BCUT2D eigenvalue weighted by atomic mass is 16.5. The van der Waals surface area contributed by atoms with Gasteiger partial charge >= 0.3 is 0 Å². The smallest absolute Gasteiger partial charge is 0.128 e. The summed E-state index contributed by atoms with van der Waals surface area (Å²) in [5.41, 5.74) is 2.65. The Morgan fingerprint density at radius 3 is 2.83 bits per heavy atom. The van der Waals surface area contributed by atoms with Gasteiger partial charge in [-0.2, -0.15) is 0 Å². The fourth-order valence-electron chi connectivity index (χ4n) is 3.01. The summed E-state index contributed by atoms with van der Waals surface area (Å²) in [6, 6.07) is 10.9. The van der Waals surface area contributed by atoms with Crippen molar-refractivity contribution in [1.29, 1.82) is 0 Å². The first-order valence-electron chi connectivity index (χ1n) is 6.38. The topological polar surface area (TPSA) is 9.23 Å². The van der Waals surface area contributed by atoms with Crippen molar-refractivity contribution in [2.45, 2.75) is 18.9 Å². The van der Waals surface area contributed by atoms with Gasteiger partial charge in [-0.1, -0.05) is 48.1 Å². The lowest BCUT2D eigenvalue weighted by molar-refractivity contribution is 0.269. The van der Waals surface area contributed by atoms with Crippen molar-refractivity contribution in [2.75, 3.05) is 0 Å². The van der Waals surface area contributed by atoms with Gasteiger partial charge in [0.1, 0.15) is 11.9 Å². The number of fused-ring (bicyclic) bond motifs is 5. The second-order valence-corrected chi connectivity index (χ2v) is 5.08. The largest absolute Gasteiger partial charge is 0.485 e. The first kappa shape index (κ1) is 9.95. The molecular weight excluding hydrogens is 220 g/mol. The summed E-state index contributed by atoms with van der Waals surface area (Å²) in [4.78, 5) is 0. The van der Waals surface area contributed by atoms with Gasteiger partial charge in [-0.05, 0) is 29.8 Å². The molecule has 1 nitrogen and oxygen atoms in total. The first-order chi connectivity index (χ1) is 8.83. The monoisotopic (exact) mass is 234 g/mol. The van der Waals surface area contributed by atoms with Gasteiger partial charge in [0.2, 0.25) is 0 Å². The quantitative estimate of drug-likeness (QED) is 0.666. The van der Waals surface area contributed by atoms with Crippen LogP contribution in [0.2, 0.25) is 0 Å². The first-order valence-corrected chi connectivity index (χ1v) is 6.38. The van der Waals surface area contributed by atoms with E-state index in [0.29, 0.717) is 5.92 Å². The molecule has 18 heavy (non-hydrogen) atoms. The zero-order valence-corrected chi connectivity index (χ0v) is 10.3. The molecule has 1 aliphatic carbocycles. The molecule has 4 rings (SSSR count). The fraction of sp³-hybridized carbons (Fsp3) is 0.176. The van der Waals surface area contributed by atoms with E-state index >= 15 is 0 Å². The van der Waals surface area contributed by atoms with Crippen molar-refractivity contribution < 1.29 is 4.74 Å². The van der Waals surface area contributed by atoms with Crippen LogP contribution in [0.1, 0.15) is 17.0 Å². The Bertz CT molecular complexity index is 694. The molecule has 1 heterocycles. The Balaban J connectivity index is 2.01. The van der Waals surface area contributed by atoms with Crippen LogP contribution in [0.5, 0.6) is 5.75 Å². The maximum atomic E-state index is 6.01. The van der Waals surface area contributed by atoms with Crippen LogP contribution in [0.3, 0.4) is 0 Å². The molecule has 0 bridgehead atoms. The summed E-state index contributed by atoms with van der Waals surface area (Å²) in [6.07, 6.45) is 8.75. The van der Waals surface area contributed by atoms with E-state index in [2.05, 4.69) is 61.6 Å². The van der Waals surface area contributed by atoms with Crippen molar-refractivity contribution in [1.82, 2.24) is 0 Å². The van der Waals surface area contributed by atoms with Crippen LogP contribution in [0.15, 0.2) is 54.6 Å². The molecule has 0 fully saturated rings. The molecule has 2 unspecified atom stereocenters. The maximum Gasteiger partial charge on any atom is 0.128 e. The summed E-state index contributed by atoms with van der Waals surface area (Å²) < 4.78 is 6.01. The van der Waals surface area contributed by atoms with E-state index in [0.717, 1.165) is 5.75 Å². The van der Waals surface area contributed by atoms with Crippen LogP contribution in [0.4, 0.5) is 0 Å². The molecule has 1 heteroatoms. The molecule has 2 aromatic carbocycles. The standard InChI is InChI=1S/C17H14O/c1-11-6-8-13-12(10-11)7-9-16-17(13)14-4-2-3-5-15(14)18-16/h2-10,14-15H,1H3. The van der Waals surface area contributed by atoms with Crippen molar-refractivity contribution in [2.24, 2.45) is 0 Å². The van der Waals surface area contributed by atoms with Crippen LogP contribution < -0.4 is 4.74 Å². The number of allylic oxidation sites excluding steroid dienone is 2. The third-order valence-corrected chi connectivity index (χ3v) is 3.86. The lowest BCUT2D eigenvalue weighted by Gasteiger charge is -2.14. The molecule has 2 aliphatic rings. The van der Waals surface area contributed by atoms with Gasteiger partial charge in [-0.15, -0.1) is 0 Å². The number of benzene rings is 2. The molecule has 88 valence electrons. The van der Waals surface area contributed by atoms with E-state index in [9.17, 15) is 0 Å². The molecular formula is C17H14O. The predicted molar refractivity (Wildman–Crippen MR) is 74.1 cm³/mol. The van der Waals surface area contributed by atoms with Gasteiger partial charge in [0.25, 0.3) is 0 Å². The van der Waals surface area contributed by atoms with Crippen molar-refractivity contribution >= 4 is 10.8 Å². The van der Waals surface area contributed by atoms with Gasteiger partial charge in [0.05, 0.1) is 0 Å². The van der Waals surface area contributed by atoms with E-state index in [1.54, 1.807) is 0 Å². The van der Waals surface area contributed by atoms with E-state index in [4.69, 9.17) is 4.74 Å². The van der Waals surface area contributed by atoms with Crippen molar-refractivity contribution in [3.05, 3.63) is 65.8 Å². The molecule has 0 saturated carbocycles. The van der Waals surface area contributed by atoms with Crippen LogP contribution in [-0.2, 0) is 0 Å². The minimum Gasteiger partial charge on any atom is -0.485 e. The summed E-state index contributed by atoms with van der Waals surface area (Å²) >= 11 is 0. The highest BCUT2D eigenvalue weighted by molar-refractivity contribution is 5.90. The molecule has 0 radical (unpaired) electrons. The Kier molecular flexibility index (Phi) is 1.93. The van der Waals surface area contributed by atoms with Crippen LogP contribution >= 0.6 is 0 Å². The molecule has 1 aliphatic heterocycles. The lowest BCUT2D eigenvalue weighted by atomic mass is 9.88. The Hall–Kier alpha value is -2.02. The van der Waals surface area contributed by atoms with Crippen LogP contribution in [0, 0.1) is 6.92 Å². The molecule has 0 saturated heterocycles. The van der Waals surface area contributed by atoms with Gasteiger partial charge in [0, 0.05) is 11.5 Å². The highest BCUT2D eigenvalue weighted by Gasteiger charge is 2.33. The normalized spacial score (nSPS) is 23.8. The maximum absolute atomic E-state index is 6.01. The minimum absolute atomic E-state index is 0.178. The molecule has 2 atom stereocenters. The second-order valence-electron chi connectivity index (χ2n) is 5.08. The van der Waals surface area contributed by atoms with Gasteiger partial charge < -0.3 is 4.74 Å². The summed E-state index contributed by atoms with van der Waals surface area (Å²) in [7, 11) is 0. The molecule has 2 aromatic rings. The number of ether oxygens (including phenoxy) is 1.